The van der Waals surface area contributed by atoms with Crippen molar-refractivity contribution >= 4 is 6.09 Å². The molecule has 1 aliphatic carbocycles. The van der Waals surface area contributed by atoms with Gasteiger partial charge in [-0.05, 0) is 40.5 Å². The normalized spacial score (nSPS) is 22.2. The third-order valence-electron chi connectivity index (χ3n) is 5.24. The molecule has 0 aromatic heterocycles. The van der Waals surface area contributed by atoms with Crippen LogP contribution in [0.5, 0.6) is 0 Å². The van der Waals surface area contributed by atoms with Gasteiger partial charge >= 0.3 is 6.09 Å². The monoisotopic (exact) mass is 339 g/mol. The van der Waals surface area contributed by atoms with Crippen LogP contribution in [0.2, 0.25) is 0 Å². The molecule has 0 radical (unpaired) electrons. The van der Waals surface area contributed by atoms with Gasteiger partial charge in [-0.2, -0.15) is 0 Å². The Bertz CT molecular complexity index is 394. The maximum absolute atomic E-state index is 12.6. The fourth-order valence-corrected chi connectivity index (χ4v) is 4.05. The molecule has 1 heterocycles. The summed E-state index contributed by atoms with van der Waals surface area (Å²) in [5, 5.41) is 3.43. The van der Waals surface area contributed by atoms with E-state index < -0.39 is 5.60 Å². The minimum Gasteiger partial charge on any atom is -0.444 e. The first-order valence-electron chi connectivity index (χ1n) is 9.75. The number of carbonyl (C=O) groups is 1. The second-order valence-corrected chi connectivity index (χ2v) is 8.58. The van der Waals surface area contributed by atoms with Gasteiger partial charge in [-0.1, -0.05) is 19.3 Å². The van der Waals surface area contributed by atoms with Crippen molar-refractivity contribution in [2.45, 2.75) is 65.4 Å². The van der Waals surface area contributed by atoms with Crippen LogP contribution in [-0.4, -0.2) is 67.3 Å². The summed E-state index contributed by atoms with van der Waals surface area (Å²) in [4.78, 5) is 17.1. The van der Waals surface area contributed by atoms with E-state index >= 15 is 0 Å². The number of piperazine rings is 1. The molecule has 0 unspecified atom stereocenters. The van der Waals surface area contributed by atoms with Gasteiger partial charge in [-0.15, -0.1) is 0 Å². The summed E-state index contributed by atoms with van der Waals surface area (Å²) < 4.78 is 5.63. The zero-order valence-corrected chi connectivity index (χ0v) is 16.2. The maximum Gasteiger partial charge on any atom is 0.410 e. The number of ether oxygens (including phenoxy) is 1. The van der Waals surface area contributed by atoms with E-state index in [9.17, 15) is 4.79 Å². The molecule has 0 aromatic rings. The van der Waals surface area contributed by atoms with Crippen molar-refractivity contribution in [3.63, 3.8) is 0 Å². The van der Waals surface area contributed by atoms with Gasteiger partial charge in [0.2, 0.25) is 0 Å². The van der Waals surface area contributed by atoms with Gasteiger partial charge < -0.3 is 19.9 Å². The number of hydrogen-bond acceptors (Lipinski definition) is 4. The van der Waals surface area contributed by atoms with Crippen molar-refractivity contribution in [2.75, 3.05) is 45.8 Å². The first-order chi connectivity index (χ1) is 11.3. The highest BCUT2D eigenvalue weighted by Gasteiger charge is 2.37. The molecule has 0 spiro atoms. The van der Waals surface area contributed by atoms with Gasteiger partial charge in [0, 0.05) is 51.2 Å². The van der Waals surface area contributed by atoms with Gasteiger partial charge in [0.15, 0.2) is 0 Å². The van der Waals surface area contributed by atoms with Gasteiger partial charge in [0.25, 0.3) is 0 Å². The number of nitrogens with zero attached hydrogens (tertiary/aromatic N) is 2. The van der Waals surface area contributed by atoms with Crippen LogP contribution >= 0.6 is 0 Å². The standard InChI is InChI=1S/C19H37N3O2/c1-5-22(17(23)24-18(2,3)4)16-19(9-7-6-8-10-19)15-21-13-11-20-12-14-21/h20H,5-16H2,1-4H3. The number of nitrogens with one attached hydrogen (secondary N) is 1. The quantitative estimate of drug-likeness (QED) is 0.836. The Morgan fingerprint density at radius 3 is 2.33 bits per heavy atom. The Balaban J connectivity index is 2.03. The minimum atomic E-state index is -0.428. The molecule has 1 saturated heterocycles. The molecule has 2 rings (SSSR count). The first kappa shape index (κ1) is 19.5. The van der Waals surface area contributed by atoms with Crippen molar-refractivity contribution in [1.29, 1.82) is 0 Å². The molecule has 2 aliphatic rings. The lowest BCUT2D eigenvalue weighted by Crippen LogP contribution is -2.52. The average molecular weight is 340 g/mol. The third-order valence-corrected chi connectivity index (χ3v) is 5.24. The number of hydrogen-bond donors (Lipinski definition) is 1. The molecule has 5 heteroatoms. The average Bonchev–Trinajstić information content (AvgIpc) is 2.53. The van der Waals surface area contributed by atoms with Crippen LogP contribution < -0.4 is 5.32 Å². The third kappa shape index (κ3) is 5.92. The molecular formula is C19H37N3O2. The lowest BCUT2D eigenvalue weighted by molar-refractivity contribution is 0.00486. The van der Waals surface area contributed by atoms with E-state index in [1.807, 2.05) is 25.7 Å². The van der Waals surface area contributed by atoms with E-state index in [1.165, 1.54) is 32.1 Å². The minimum absolute atomic E-state index is 0.157. The highest BCUT2D eigenvalue weighted by Crippen LogP contribution is 2.38. The predicted molar refractivity (Wildman–Crippen MR) is 98.3 cm³/mol. The smallest absolute Gasteiger partial charge is 0.410 e. The largest absolute Gasteiger partial charge is 0.444 e. The first-order valence-corrected chi connectivity index (χ1v) is 9.75. The molecule has 1 aliphatic heterocycles. The van der Waals surface area contributed by atoms with E-state index in [1.54, 1.807) is 0 Å². The topological polar surface area (TPSA) is 44.8 Å². The predicted octanol–water partition coefficient (Wildman–Crippen LogP) is 3.10. The molecule has 5 nitrogen and oxygen atoms in total. The lowest BCUT2D eigenvalue weighted by atomic mass is 9.73. The van der Waals surface area contributed by atoms with Crippen molar-refractivity contribution in [3.8, 4) is 0 Å². The molecule has 1 saturated carbocycles. The molecule has 1 N–H and O–H groups in total. The van der Waals surface area contributed by atoms with Crippen LogP contribution in [0.3, 0.4) is 0 Å². The molecule has 1 amide bonds. The van der Waals surface area contributed by atoms with Crippen molar-refractivity contribution in [3.05, 3.63) is 0 Å². The Morgan fingerprint density at radius 2 is 1.79 bits per heavy atom. The summed E-state index contributed by atoms with van der Waals surface area (Å²) in [5.41, 5.74) is -0.189. The fraction of sp³-hybridized carbons (Fsp3) is 0.947. The van der Waals surface area contributed by atoms with Crippen molar-refractivity contribution in [1.82, 2.24) is 15.1 Å². The molecular weight excluding hydrogens is 302 g/mol. The van der Waals surface area contributed by atoms with Crippen LogP contribution in [-0.2, 0) is 4.74 Å². The van der Waals surface area contributed by atoms with Crippen LogP contribution in [0.4, 0.5) is 4.79 Å². The Labute approximate surface area is 148 Å². The van der Waals surface area contributed by atoms with E-state index in [0.29, 0.717) is 0 Å². The van der Waals surface area contributed by atoms with Gasteiger partial charge in [0.05, 0.1) is 0 Å². The Hall–Kier alpha value is -0.810. The summed E-state index contributed by atoms with van der Waals surface area (Å²) >= 11 is 0. The highest BCUT2D eigenvalue weighted by molar-refractivity contribution is 5.68. The van der Waals surface area contributed by atoms with Gasteiger partial charge in [-0.25, -0.2) is 4.79 Å². The van der Waals surface area contributed by atoms with Crippen LogP contribution in [0.25, 0.3) is 0 Å². The zero-order valence-electron chi connectivity index (χ0n) is 16.2. The highest BCUT2D eigenvalue weighted by atomic mass is 16.6. The Kier molecular flexibility index (Phi) is 6.93. The molecule has 0 bridgehead atoms. The Morgan fingerprint density at radius 1 is 1.17 bits per heavy atom. The maximum atomic E-state index is 12.6. The molecule has 2 fully saturated rings. The number of carbonyl (C=O) groups excluding carboxylic acids is 1. The van der Waals surface area contributed by atoms with Crippen LogP contribution in [0.15, 0.2) is 0 Å². The van der Waals surface area contributed by atoms with Gasteiger partial charge in [-0.3, -0.25) is 0 Å². The van der Waals surface area contributed by atoms with Crippen molar-refractivity contribution in [2.24, 2.45) is 5.41 Å². The molecule has 24 heavy (non-hydrogen) atoms. The van der Waals surface area contributed by atoms with E-state index in [2.05, 4.69) is 17.1 Å². The van der Waals surface area contributed by atoms with E-state index in [4.69, 9.17) is 4.74 Å². The van der Waals surface area contributed by atoms with Crippen LogP contribution in [0, 0.1) is 5.41 Å². The summed E-state index contributed by atoms with van der Waals surface area (Å²) in [7, 11) is 0. The molecule has 140 valence electrons. The van der Waals surface area contributed by atoms with E-state index in [-0.39, 0.29) is 11.5 Å². The molecule has 0 atom stereocenters. The summed E-state index contributed by atoms with van der Waals surface area (Å²) in [5.74, 6) is 0. The summed E-state index contributed by atoms with van der Waals surface area (Å²) in [6.07, 6.45) is 6.22. The van der Waals surface area contributed by atoms with Crippen molar-refractivity contribution < 1.29 is 9.53 Å². The SMILES string of the molecule is CCN(CC1(CN2CCNCC2)CCCCC1)C(=O)OC(C)(C)C. The lowest BCUT2D eigenvalue weighted by Gasteiger charge is -2.44. The number of rotatable bonds is 5. The molecule has 0 aromatic carbocycles. The zero-order chi connectivity index (χ0) is 17.6. The second-order valence-electron chi connectivity index (χ2n) is 8.58. The number of amides is 1. The summed E-state index contributed by atoms with van der Waals surface area (Å²) in [6.45, 7) is 15.0. The summed E-state index contributed by atoms with van der Waals surface area (Å²) in [6, 6.07) is 0. The fourth-order valence-electron chi connectivity index (χ4n) is 4.05. The van der Waals surface area contributed by atoms with E-state index in [0.717, 1.165) is 45.8 Å². The van der Waals surface area contributed by atoms with Crippen LogP contribution in [0.1, 0.15) is 59.8 Å². The van der Waals surface area contributed by atoms with Gasteiger partial charge in [0.1, 0.15) is 5.60 Å². The second kappa shape index (κ2) is 8.52.